The molecule has 1 aromatic carbocycles. The lowest BCUT2D eigenvalue weighted by Crippen LogP contribution is -2.38. The lowest BCUT2D eigenvalue weighted by Gasteiger charge is -2.32. The summed E-state index contributed by atoms with van der Waals surface area (Å²) >= 11 is 0. The van der Waals surface area contributed by atoms with Gasteiger partial charge in [-0.05, 0) is 37.1 Å². The molecule has 0 bridgehead atoms. The van der Waals surface area contributed by atoms with Crippen LogP contribution in [0.15, 0.2) is 30.5 Å². The van der Waals surface area contributed by atoms with E-state index in [0.29, 0.717) is 31.1 Å². The summed E-state index contributed by atoms with van der Waals surface area (Å²) in [6.45, 7) is 1.80. The minimum atomic E-state index is -0.477. The summed E-state index contributed by atoms with van der Waals surface area (Å²) in [7, 11) is 1.38. The first-order chi connectivity index (χ1) is 12.1. The van der Waals surface area contributed by atoms with Crippen LogP contribution in [0.2, 0.25) is 0 Å². The van der Waals surface area contributed by atoms with Gasteiger partial charge in [0.25, 0.3) is 5.91 Å². The normalized spacial score (nSPS) is 15.4. The number of hydrogen-bond acceptors (Lipinski definition) is 4. The molecule has 2 aromatic rings. The highest BCUT2D eigenvalue weighted by Crippen LogP contribution is 2.29. The summed E-state index contributed by atoms with van der Waals surface area (Å²) in [5.74, 6) is -0.190. The summed E-state index contributed by atoms with van der Waals surface area (Å²) in [5, 5.41) is 13.4. The van der Waals surface area contributed by atoms with Crippen LogP contribution in [0.3, 0.4) is 0 Å². The highest BCUT2D eigenvalue weighted by molar-refractivity contribution is 5.94. The number of hydrogen-bond donors (Lipinski definition) is 1. The van der Waals surface area contributed by atoms with Gasteiger partial charge >= 0.3 is 0 Å². The number of benzene rings is 1. The van der Waals surface area contributed by atoms with Crippen molar-refractivity contribution in [2.75, 3.05) is 26.8 Å². The Morgan fingerprint density at radius 2 is 2.12 bits per heavy atom. The Morgan fingerprint density at radius 1 is 1.36 bits per heavy atom. The molecule has 0 unspecified atom stereocenters. The first kappa shape index (κ1) is 17.4. The minimum Gasteiger partial charge on any atom is -0.494 e. The summed E-state index contributed by atoms with van der Waals surface area (Å²) in [5.41, 5.74) is 1.53. The van der Waals surface area contributed by atoms with Crippen molar-refractivity contribution >= 4 is 5.91 Å². The van der Waals surface area contributed by atoms with E-state index in [1.165, 1.54) is 25.3 Å². The standard InChI is InChI=1S/C18H22FN3O3/c1-25-17-12-14(2-3-15(17)19)18(24)21-8-5-13(6-9-21)16-4-7-20-22(16)10-11-23/h2-4,7,12-13,23H,5-6,8-11H2,1H3. The number of piperidine rings is 1. The molecule has 1 saturated heterocycles. The first-order valence-electron chi connectivity index (χ1n) is 8.39. The Labute approximate surface area is 145 Å². The molecular formula is C18H22FN3O3. The molecule has 0 saturated carbocycles. The van der Waals surface area contributed by atoms with Gasteiger partial charge in [0.1, 0.15) is 0 Å². The molecule has 2 heterocycles. The van der Waals surface area contributed by atoms with Crippen molar-refractivity contribution in [1.82, 2.24) is 14.7 Å². The SMILES string of the molecule is COc1cc(C(=O)N2CCC(c3ccnn3CCO)CC2)ccc1F. The number of likely N-dealkylation sites (tertiary alicyclic amines) is 1. The second-order valence-electron chi connectivity index (χ2n) is 6.12. The highest BCUT2D eigenvalue weighted by atomic mass is 19.1. The van der Waals surface area contributed by atoms with Gasteiger partial charge in [0.05, 0.1) is 20.3 Å². The van der Waals surface area contributed by atoms with E-state index < -0.39 is 5.82 Å². The van der Waals surface area contributed by atoms with Gasteiger partial charge in [-0.15, -0.1) is 0 Å². The summed E-state index contributed by atoms with van der Waals surface area (Å²) in [4.78, 5) is 14.4. The number of carbonyl (C=O) groups is 1. The largest absolute Gasteiger partial charge is 0.494 e. The van der Waals surface area contributed by atoms with Crippen molar-refractivity contribution in [3.63, 3.8) is 0 Å². The van der Waals surface area contributed by atoms with Gasteiger partial charge in [0.15, 0.2) is 11.6 Å². The summed E-state index contributed by atoms with van der Waals surface area (Å²) in [6.07, 6.45) is 3.41. The Morgan fingerprint density at radius 3 is 2.80 bits per heavy atom. The third-order valence-electron chi connectivity index (χ3n) is 4.66. The molecule has 7 heteroatoms. The molecule has 25 heavy (non-hydrogen) atoms. The summed E-state index contributed by atoms with van der Waals surface area (Å²) < 4.78 is 20.3. The maximum Gasteiger partial charge on any atom is 0.253 e. The Bertz CT molecular complexity index is 739. The van der Waals surface area contributed by atoms with E-state index in [0.717, 1.165) is 18.5 Å². The monoisotopic (exact) mass is 347 g/mol. The fourth-order valence-electron chi connectivity index (χ4n) is 3.33. The lowest BCUT2D eigenvalue weighted by atomic mass is 9.93. The van der Waals surface area contributed by atoms with E-state index in [1.807, 2.05) is 10.7 Å². The van der Waals surface area contributed by atoms with Crippen LogP contribution >= 0.6 is 0 Å². The van der Waals surface area contributed by atoms with Crippen molar-refractivity contribution in [3.8, 4) is 5.75 Å². The third-order valence-corrected chi connectivity index (χ3v) is 4.66. The molecule has 0 radical (unpaired) electrons. The highest BCUT2D eigenvalue weighted by Gasteiger charge is 2.26. The number of aliphatic hydroxyl groups excluding tert-OH is 1. The molecule has 1 amide bonds. The van der Waals surface area contributed by atoms with Crippen LogP contribution in [0.5, 0.6) is 5.75 Å². The molecule has 1 fully saturated rings. The van der Waals surface area contributed by atoms with Gasteiger partial charge in [0, 0.05) is 36.5 Å². The van der Waals surface area contributed by atoms with Gasteiger partial charge in [-0.1, -0.05) is 0 Å². The van der Waals surface area contributed by atoms with E-state index >= 15 is 0 Å². The average Bonchev–Trinajstić information content (AvgIpc) is 3.10. The van der Waals surface area contributed by atoms with E-state index in [4.69, 9.17) is 9.84 Å². The Kier molecular flexibility index (Phi) is 5.33. The number of ether oxygens (including phenoxy) is 1. The number of aromatic nitrogens is 2. The molecule has 0 spiro atoms. The number of methoxy groups -OCH3 is 1. The van der Waals surface area contributed by atoms with E-state index in [-0.39, 0.29) is 18.3 Å². The van der Waals surface area contributed by atoms with Crippen LogP contribution in [0.1, 0.15) is 34.8 Å². The van der Waals surface area contributed by atoms with Crippen molar-refractivity contribution < 1.29 is 19.0 Å². The van der Waals surface area contributed by atoms with Gasteiger partial charge < -0.3 is 14.7 Å². The zero-order valence-electron chi connectivity index (χ0n) is 14.2. The maximum atomic E-state index is 13.5. The number of rotatable bonds is 5. The quantitative estimate of drug-likeness (QED) is 0.899. The zero-order valence-corrected chi connectivity index (χ0v) is 14.2. The predicted octanol–water partition coefficient (Wildman–Crippen LogP) is 2.04. The number of halogens is 1. The maximum absolute atomic E-state index is 13.5. The number of nitrogens with zero attached hydrogens (tertiary/aromatic N) is 3. The number of amides is 1. The van der Waals surface area contributed by atoms with Gasteiger partial charge in [-0.3, -0.25) is 9.48 Å². The molecular weight excluding hydrogens is 325 g/mol. The smallest absolute Gasteiger partial charge is 0.253 e. The van der Waals surface area contributed by atoms with Crippen LogP contribution in [0.25, 0.3) is 0 Å². The molecule has 1 aromatic heterocycles. The fourth-order valence-corrected chi connectivity index (χ4v) is 3.33. The molecule has 0 atom stereocenters. The third kappa shape index (κ3) is 3.66. The fraction of sp³-hybridized carbons (Fsp3) is 0.444. The van der Waals surface area contributed by atoms with Gasteiger partial charge in [-0.25, -0.2) is 4.39 Å². The molecule has 1 aliphatic heterocycles. The van der Waals surface area contributed by atoms with Gasteiger partial charge in [-0.2, -0.15) is 5.10 Å². The minimum absolute atomic E-state index is 0.0540. The average molecular weight is 347 g/mol. The molecule has 0 aliphatic carbocycles. The first-order valence-corrected chi connectivity index (χ1v) is 8.39. The van der Waals surface area contributed by atoms with Crippen molar-refractivity contribution in [2.45, 2.75) is 25.3 Å². The van der Waals surface area contributed by atoms with Gasteiger partial charge in [0.2, 0.25) is 0 Å². The van der Waals surface area contributed by atoms with Crippen LogP contribution in [-0.4, -0.2) is 52.5 Å². The number of carbonyl (C=O) groups excluding carboxylic acids is 1. The molecule has 1 aliphatic rings. The van der Waals surface area contributed by atoms with Crippen molar-refractivity contribution in [1.29, 1.82) is 0 Å². The molecule has 134 valence electrons. The lowest BCUT2D eigenvalue weighted by molar-refractivity contribution is 0.0710. The number of aliphatic hydroxyl groups is 1. The van der Waals surface area contributed by atoms with Crippen molar-refractivity contribution in [3.05, 3.63) is 47.5 Å². The molecule has 1 N–H and O–H groups in total. The van der Waals surface area contributed by atoms with E-state index in [1.54, 1.807) is 11.1 Å². The zero-order chi connectivity index (χ0) is 17.8. The predicted molar refractivity (Wildman–Crippen MR) is 90.1 cm³/mol. The Balaban J connectivity index is 1.65. The summed E-state index contributed by atoms with van der Waals surface area (Å²) in [6, 6.07) is 6.16. The van der Waals surface area contributed by atoms with Crippen molar-refractivity contribution in [2.24, 2.45) is 0 Å². The van der Waals surface area contributed by atoms with Crippen LogP contribution in [-0.2, 0) is 6.54 Å². The van der Waals surface area contributed by atoms with E-state index in [2.05, 4.69) is 5.10 Å². The van der Waals surface area contributed by atoms with Crippen LogP contribution in [0, 0.1) is 5.82 Å². The second-order valence-corrected chi connectivity index (χ2v) is 6.12. The Hall–Kier alpha value is -2.41. The molecule has 6 nitrogen and oxygen atoms in total. The second kappa shape index (κ2) is 7.65. The topological polar surface area (TPSA) is 67.6 Å². The van der Waals surface area contributed by atoms with Crippen LogP contribution < -0.4 is 4.74 Å². The van der Waals surface area contributed by atoms with Crippen LogP contribution in [0.4, 0.5) is 4.39 Å². The van der Waals surface area contributed by atoms with E-state index in [9.17, 15) is 9.18 Å². The molecule has 3 rings (SSSR count).